The second-order valence-electron chi connectivity index (χ2n) is 7.09. The Hall–Kier alpha value is -2.28. The van der Waals surface area contributed by atoms with Gasteiger partial charge in [0, 0.05) is 38.2 Å². The molecule has 0 saturated carbocycles. The first kappa shape index (κ1) is 20.5. The quantitative estimate of drug-likeness (QED) is 0.731. The van der Waals surface area contributed by atoms with E-state index in [0.29, 0.717) is 13.1 Å². The molecule has 5 nitrogen and oxygen atoms in total. The van der Waals surface area contributed by atoms with Crippen molar-refractivity contribution in [3.8, 4) is 11.1 Å². The maximum atomic E-state index is 13.5. The molecular formula is C22H27FN2O3. The van der Waals surface area contributed by atoms with Crippen molar-refractivity contribution in [1.29, 1.82) is 0 Å². The number of likely N-dealkylation sites (N-methyl/N-ethyl adjacent to an activating group) is 1. The maximum absolute atomic E-state index is 13.5. The fourth-order valence-electron chi connectivity index (χ4n) is 3.87. The Morgan fingerprint density at radius 2 is 1.93 bits per heavy atom. The minimum atomic E-state index is -0.259. The van der Waals surface area contributed by atoms with Crippen LogP contribution in [0.25, 0.3) is 11.1 Å². The number of carbonyl (C=O) groups is 1. The first-order valence-corrected chi connectivity index (χ1v) is 9.56. The molecule has 3 atom stereocenters. The van der Waals surface area contributed by atoms with Crippen LogP contribution in [-0.2, 0) is 9.53 Å². The van der Waals surface area contributed by atoms with E-state index in [-0.39, 0.29) is 42.9 Å². The van der Waals surface area contributed by atoms with Gasteiger partial charge in [0.25, 0.3) is 0 Å². The van der Waals surface area contributed by atoms with E-state index in [1.54, 1.807) is 11.0 Å². The third-order valence-electron chi connectivity index (χ3n) is 5.36. The number of hydrogen-bond donors (Lipinski definition) is 2. The number of carbonyl (C=O) groups excluding carboxylic acids is 1. The van der Waals surface area contributed by atoms with Gasteiger partial charge in [-0.15, -0.1) is 0 Å². The monoisotopic (exact) mass is 386 g/mol. The first-order valence-electron chi connectivity index (χ1n) is 9.56. The molecule has 1 saturated heterocycles. The van der Waals surface area contributed by atoms with E-state index in [1.165, 1.54) is 19.2 Å². The lowest BCUT2D eigenvalue weighted by Gasteiger charge is -2.47. The summed E-state index contributed by atoms with van der Waals surface area (Å²) in [6, 6.07) is 14.5. The fraction of sp³-hybridized carbons (Fsp3) is 0.409. The van der Waals surface area contributed by atoms with Crippen LogP contribution in [0.2, 0.25) is 0 Å². The van der Waals surface area contributed by atoms with Crippen molar-refractivity contribution in [3.05, 3.63) is 59.9 Å². The molecular weight excluding hydrogens is 359 g/mol. The lowest BCUT2D eigenvalue weighted by molar-refractivity contribution is -0.135. The number of methoxy groups -OCH3 is 1. The molecule has 1 fully saturated rings. The first-order chi connectivity index (χ1) is 13.6. The zero-order chi connectivity index (χ0) is 20.1. The van der Waals surface area contributed by atoms with Crippen LogP contribution in [0, 0.1) is 5.82 Å². The van der Waals surface area contributed by atoms with Crippen LogP contribution in [0.5, 0.6) is 0 Å². The molecule has 0 aromatic heterocycles. The van der Waals surface area contributed by atoms with Gasteiger partial charge in [0.15, 0.2) is 0 Å². The number of benzene rings is 2. The van der Waals surface area contributed by atoms with E-state index in [0.717, 1.165) is 16.7 Å². The van der Waals surface area contributed by atoms with E-state index in [2.05, 4.69) is 5.32 Å². The Morgan fingerprint density at radius 3 is 2.54 bits per heavy atom. The molecule has 1 heterocycles. The minimum absolute atomic E-state index is 0.0327. The summed E-state index contributed by atoms with van der Waals surface area (Å²) in [5, 5.41) is 13.0. The average molecular weight is 386 g/mol. The topological polar surface area (TPSA) is 61.8 Å². The van der Waals surface area contributed by atoms with Crippen molar-refractivity contribution in [1.82, 2.24) is 10.2 Å². The van der Waals surface area contributed by atoms with Crippen molar-refractivity contribution >= 4 is 5.91 Å². The standard InChI is InChI=1S/C22H27FN2O3/c1-3-25(21(27)14-28-2)12-19-22(20(13-26)24-19)16-9-7-15(8-10-16)17-5-4-6-18(23)11-17/h4-11,19-20,22,24,26H,3,12-14H2,1-2H3/t19-,20-,22-/m0/s1. The van der Waals surface area contributed by atoms with E-state index < -0.39 is 0 Å². The van der Waals surface area contributed by atoms with E-state index in [9.17, 15) is 14.3 Å². The van der Waals surface area contributed by atoms with Gasteiger partial charge in [-0.3, -0.25) is 4.79 Å². The summed E-state index contributed by atoms with van der Waals surface area (Å²) in [7, 11) is 1.51. The Balaban J connectivity index is 1.75. The Morgan fingerprint density at radius 1 is 1.18 bits per heavy atom. The van der Waals surface area contributed by atoms with Crippen molar-refractivity contribution in [2.75, 3.05) is 33.4 Å². The van der Waals surface area contributed by atoms with Crippen molar-refractivity contribution in [2.24, 2.45) is 0 Å². The number of rotatable bonds is 8. The number of aliphatic hydroxyl groups excluding tert-OH is 1. The second kappa shape index (κ2) is 9.28. The van der Waals surface area contributed by atoms with E-state index in [1.807, 2.05) is 37.3 Å². The predicted molar refractivity (Wildman–Crippen MR) is 107 cm³/mol. The molecule has 6 heteroatoms. The number of nitrogens with one attached hydrogen (secondary N) is 1. The lowest BCUT2D eigenvalue weighted by atomic mass is 9.77. The van der Waals surface area contributed by atoms with Gasteiger partial charge in [0.2, 0.25) is 5.91 Å². The molecule has 3 rings (SSSR count). The van der Waals surface area contributed by atoms with Crippen LogP contribution >= 0.6 is 0 Å². The van der Waals surface area contributed by atoms with Gasteiger partial charge in [0.1, 0.15) is 12.4 Å². The number of hydrogen-bond acceptors (Lipinski definition) is 4. The van der Waals surface area contributed by atoms with Gasteiger partial charge in [0.05, 0.1) is 6.61 Å². The zero-order valence-electron chi connectivity index (χ0n) is 16.3. The molecule has 1 aliphatic rings. The molecule has 1 aliphatic heterocycles. The molecule has 0 unspecified atom stereocenters. The molecule has 2 N–H and O–H groups in total. The number of ether oxygens (including phenoxy) is 1. The highest BCUT2D eigenvalue weighted by Crippen LogP contribution is 2.34. The van der Waals surface area contributed by atoms with Crippen molar-refractivity contribution in [3.63, 3.8) is 0 Å². The SMILES string of the molecule is CCN(C[C@@H]1N[C@@H](CO)[C@H]1c1ccc(-c2cccc(F)c2)cc1)C(=O)COC. The Kier molecular flexibility index (Phi) is 6.78. The molecule has 28 heavy (non-hydrogen) atoms. The number of amides is 1. The predicted octanol–water partition coefficient (Wildman–Crippen LogP) is 2.40. The average Bonchev–Trinajstić information content (AvgIpc) is 2.68. The van der Waals surface area contributed by atoms with Gasteiger partial charge in [-0.1, -0.05) is 36.4 Å². The smallest absolute Gasteiger partial charge is 0.248 e. The minimum Gasteiger partial charge on any atom is -0.395 e. The van der Waals surface area contributed by atoms with Crippen LogP contribution in [-0.4, -0.2) is 61.4 Å². The molecule has 150 valence electrons. The van der Waals surface area contributed by atoms with Crippen LogP contribution in [0.1, 0.15) is 18.4 Å². The van der Waals surface area contributed by atoms with Gasteiger partial charge < -0.3 is 20.1 Å². The normalized spacial score (nSPS) is 21.2. The van der Waals surface area contributed by atoms with Crippen LogP contribution in [0.3, 0.4) is 0 Å². The summed E-state index contributed by atoms with van der Waals surface area (Å²) in [4.78, 5) is 13.9. The highest BCUT2D eigenvalue weighted by Gasteiger charge is 2.41. The summed E-state index contributed by atoms with van der Waals surface area (Å²) in [5.74, 6) is -0.194. The fourth-order valence-corrected chi connectivity index (χ4v) is 3.87. The summed E-state index contributed by atoms with van der Waals surface area (Å²) < 4.78 is 18.4. The molecule has 2 aromatic rings. The largest absolute Gasteiger partial charge is 0.395 e. The number of nitrogens with zero attached hydrogens (tertiary/aromatic N) is 1. The second-order valence-corrected chi connectivity index (χ2v) is 7.09. The molecule has 0 spiro atoms. The lowest BCUT2D eigenvalue weighted by Crippen LogP contribution is -2.65. The number of aliphatic hydroxyl groups is 1. The molecule has 1 amide bonds. The van der Waals surface area contributed by atoms with Gasteiger partial charge in [-0.25, -0.2) is 4.39 Å². The van der Waals surface area contributed by atoms with Gasteiger partial charge >= 0.3 is 0 Å². The summed E-state index contributed by atoms with van der Waals surface area (Å²) in [6.45, 7) is 3.21. The summed E-state index contributed by atoms with van der Waals surface area (Å²) >= 11 is 0. The summed E-state index contributed by atoms with van der Waals surface area (Å²) in [5.41, 5.74) is 2.87. The van der Waals surface area contributed by atoms with Crippen LogP contribution in [0.15, 0.2) is 48.5 Å². The van der Waals surface area contributed by atoms with Crippen LogP contribution < -0.4 is 5.32 Å². The van der Waals surface area contributed by atoms with Gasteiger partial charge in [-0.2, -0.15) is 0 Å². The molecule has 0 radical (unpaired) electrons. The third kappa shape index (κ3) is 4.41. The summed E-state index contributed by atoms with van der Waals surface area (Å²) in [6.07, 6.45) is 0. The van der Waals surface area contributed by atoms with Gasteiger partial charge in [-0.05, 0) is 35.7 Å². The highest BCUT2D eigenvalue weighted by atomic mass is 19.1. The number of halogens is 1. The molecule has 0 aliphatic carbocycles. The maximum Gasteiger partial charge on any atom is 0.248 e. The van der Waals surface area contributed by atoms with Crippen molar-refractivity contribution < 1.29 is 19.0 Å². The Labute approximate surface area is 165 Å². The van der Waals surface area contributed by atoms with E-state index >= 15 is 0 Å². The van der Waals surface area contributed by atoms with Crippen molar-refractivity contribution in [2.45, 2.75) is 24.9 Å². The molecule has 2 aromatic carbocycles. The molecule has 0 bridgehead atoms. The third-order valence-corrected chi connectivity index (χ3v) is 5.36. The van der Waals surface area contributed by atoms with E-state index in [4.69, 9.17) is 4.74 Å². The highest BCUT2D eigenvalue weighted by molar-refractivity contribution is 5.77. The zero-order valence-corrected chi connectivity index (χ0v) is 16.3. The Bertz CT molecular complexity index is 797. The van der Waals surface area contributed by atoms with Crippen LogP contribution in [0.4, 0.5) is 4.39 Å².